The summed E-state index contributed by atoms with van der Waals surface area (Å²) in [6.45, 7) is 6.03. The molecule has 0 bridgehead atoms. The first kappa shape index (κ1) is 29.2. The summed E-state index contributed by atoms with van der Waals surface area (Å²) in [4.78, 5) is 54.0. The minimum Gasteiger partial charge on any atom is -0.368 e. The molecule has 0 aromatic heterocycles. The van der Waals surface area contributed by atoms with E-state index >= 15 is 0 Å². The predicted octanol–water partition coefficient (Wildman–Crippen LogP) is 1.16. The highest BCUT2D eigenvalue weighted by Crippen LogP contribution is 2.11. The van der Waals surface area contributed by atoms with Gasteiger partial charge in [-0.1, -0.05) is 32.0 Å². The van der Waals surface area contributed by atoms with Crippen LogP contribution in [-0.4, -0.2) is 90.7 Å². The molecule has 1 aliphatic heterocycles. The quantitative estimate of drug-likeness (QED) is 0.327. The van der Waals surface area contributed by atoms with E-state index in [4.69, 9.17) is 5.73 Å². The maximum atomic E-state index is 13.8. The number of amides is 4. The Kier molecular flexibility index (Phi) is 12.3. The number of benzene rings is 1. The summed E-state index contributed by atoms with van der Waals surface area (Å²) < 4.78 is 13.8. The van der Waals surface area contributed by atoms with E-state index in [1.165, 1.54) is 15.9 Å². The van der Waals surface area contributed by atoms with Crippen molar-refractivity contribution in [2.45, 2.75) is 46.0 Å². The van der Waals surface area contributed by atoms with Crippen LogP contribution < -0.4 is 11.1 Å². The zero-order chi connectivity index (χ0) is 26.5. The lowest BCUT2D eigenvalue weighted by Gasteiger charge is -2.28. The number of likely N-dealkylation sites (tertiary alicyclic amines) is 1. The molecule has 0 spiro atoms. The van der Waals surface area contributed by atoms with E-state index in [9.17, 15) is 23.6 Å². The van der Waals surface area contributed by atoms with Crippen LogP contribution in [-0.2, 0) is 25.6 Å². The number of hydrogen-bond donors (Lipinski definition) is 2. The molecular formula is C26H40FN5O4. The van der Waals surface area contributed by atoms with Gasteiger partial charge in [-0.3, -0.25) is 19.2 Å². The van der Waals surface area contributed by atoms with E-state index in [1.54, 1.807) is 23.1 Å². The average molecular weight is 506 g/mol. The van der Waals surface area contributed by atoms with Crippen LogP contribution in [0.25, 0.3) is 0 Å². The summed E-state index contributed by atoms with van der Waals surface area (Å²) in [6.07, 6.45) is 3.08. The fourth-order valence-electron chi connectivity index (χ4n) is 4.07. The first-order valence-electron chi connectivity index (χ1n) is 12.7. The normalized spacial score (nSPS) is 13.3. The molecule has 1 aliphatic rings. The second-order valence-corrected chi connectivity index (χ2v) is 9.64. The minimum absolute atomic E-state index is 0.0206. The maximum Gasteiger partial charge on any atom is 0.242 e. The van der Waals surface area contributed by atoms with Crippen molar-refractivity contribution in [1.29, 1.82) is 0 Å². The number of hydrogen-bond acceptors (Lipinski definition) is 5. The Bertz CT molecular complexity index is 895. The number of carbonyl (C=O) groups excluding carboxylic acids is 4. The number of nitrogens with one attached hydrogen (secondary N) is 1. The van der Waals surface area contributed by atoms with Gasteiger partial charge < -0.3 is 25.8 Å². The van der Waals surface area contributed by atoms with Gasteiger partial charge in [0.2, 0.25) is 23.6 Å². The monoisotopic (exact) mass is 505 g/mol. The van der Waals surface area contributed by atoms with Gasteiger partial charge in [-0.15, -0.1) is 0 Å². The molecule has 4 amide bonds. The van der Waals surface area contributed by atoms with Crippen molar-refractivity contribution in [2.75, 3.05) is 52.4 Å². The smallest absolute Gasteiger partial charge is 0.242 e. The van der Waals surface area contributed by atoms with Crippen LogP contribution in [0, 0.1) is 11.7 Å². The summed E-state index contributed by atoms with van der Waals surface area (Å²) in [7, 11) is 0. The molecule has 1 heterocycles. The molecule has 36 heavy (non-hydrogen) atoms. The fourth-order valence-corrected chi connectivity index (χ4v) is 4.07. The molecule has 9 nitrogen and oxygen atoms in total. The van der Waals surface area contributed by atoms with Crippen molar-refractivity contribution in [3.8, 4) is 0 Å². The van der Waals surface area contributed by atoms with Crippen LogP contribution in [0.15, 0.2) is 24.3 Å². The van der Waals surface area contributed by atoms with Crippen molar-refractivity contribution < 1.29 is 23.6 Å². The van der Waals surface area contributed by atoms with Crippen molar-refractivity contribution >= 4 is 23.6 Å². The molecule has 1 saturated heterocycles. The Balaban J connectivity index is 1.91. The Morgan fingerprint density at radius 1 is 1.11 bits per heavy atom. The first-order chi connectivity index (χ1) is 17.2. The van der Waals surface area contributed by atoms with Crippen LogP contribution in [0.4, 0.5) is 4.39 Å². The summed E-state index contributed by atoms with van der Waals surface area (Å²) in [5, 5.41) is 3.04. The number of nitrogens with two attached hydrogens (primary N) is 1. The lowest BCUT2D eigenvalue weighted by molar-refractivity contribution is -0.141. The lowest BCUT2D eigenvalue weighted by atomic mass is 10.1. The first-order valence-corrected chi connectivity index (χ1v) is 12.7. The number of primary amides is 1. The molecule has 0 atom stereocenters. The Hall–Kier alpha value is -3.01. The van der Waals surface area contributed by atoms with E-state index in [0.717, 1.165) is 12.8 Å². The molecule has 1 aromatic rings. The van der Waals surface area contributed by atoms with E-state index < -0.39 is 5.91 Å². The van der Waals surface area contributed by atoms with Gasteiger partial charge in [0.1, 0.15) is 5.82 Å². The summed E-state index contributed by atoms with van der Waals surface area (Å²) in [5.74, 6) is -1.06. The molecule has 0 radical (unpaired) electrons. The summed E-state index contributed by atoms with van der Waals surface area (Å²) in [6, 6.07) is 6.51. The molecule has 0 unspecified atom stereocenters. The lowest BCUT2D eigenvalue weighted by Crippen LogP contribution is -2.48. The summed E-state index contributed by atoms with van der Waals surface area (Å²) >= 11 is 0. The van der Waals surface area contributed by atoms with Gasteiger partial charge in [0, 0.05) is 32.6 Å². The molecule has 0 aliphatic carbocycles. The van der Waals surface area contributed by atoms with E-state index in [-0.39, 0.29) is 49.7 Å². The number of nitrogens with zero attached hydrogens (tertiary/aromatic N) is 3. The zero-order valence-electron chi connectivity index (χ0n) is 21.5. The van der Waals surface area contributed by atoms with Gasteiger partial charge in [-0.25, -0.2) is 4.39 Å². The van der Waals surface area contributed by atoms with Crippen molar-refractivity contribution in [1.82, 2.24) is 20.0 Å². The van der Waals surface area contributed by atoms with Crippen LogP contribution in [0.5, 0.6) is 0 Å². The standard InChI is InChI=1S/C26H40FN5O4/c1-20(2)11-16-32(25(35)17-29-12-10-21-7-3-4-8-22(21)27)19-26(36)31(18-23(28)33)15-6-14-30-13-5-9-24(30)34/h3-4,7-8,20,29H,5-6,9-19H2,1-2H3,(H2,28,33). The second kappa shape index (κ2) is 15.2. The van der Waals surface area contributed by atoms with Gasteiger partial charge in [0.25, 0.3) is 0 Å². The molecule has 2 rings (SSSR count). The SMILES string of the molecule is CC(C)CCN(CC(=O)N(CCCN1CCCC1=O)CC(N)=O)C(=O)CNCCc1ccccc1F. The van der Waals surface area contributed by atoms with Crippen LogP contribution in [0.3, 0.4) is 0 Å². The molecule has 1 fully saturated rings. The van der Waals surface area contributed by atoms with Crippen LogP contribution >= 0.6 is 0 Å². The topological polar surface area (TPSA) is 116 Å². The average Bonchev–Trinajstić information content (AvgIpc) is 3.23. The highest BCUT2D eigenvalue weighted by atomic mass is 19.1. The third kappa shape index (κ3) is 10.3. The second-order valence-electron chi connectivity index (χ2n) is 9.64. The molecule has 10 heteroatoms. The van der Waals surface area contributed by atoms with Crippen molar-refractivity contribution in [2.24, 2.45) is 11.7 Å². The van der Waals surface area contributed by atoms with Crippen LogP contribution in [0.1, 0.15) is 45.1 Å². The van der Waals surface area contributed by atoms with Crippen LogP contribution in [0.2, 0.25) is 0 Å². The highest BCUT2D eigenvalue weighted by molar-refractivity contribution is 5.88. The van der Waals surface area contributed by atoms with Gasteiger partial charge in [-0.05, 0) is 49.8 Å². The molecule has 0 saturated carbocycles. The van der Waals surface area contributed by atoms with E-state index in [2.05, 4.69) is 5.32 Å². The number of carbonyl (C=O) groups is 4. The number of rotatable bonds is 16. The Morgan fingerprint density at radius 3 is 2.47 bits per heavy atom. The van der Waals surface area contributed by atoms with Gasteiger partial charge >= 0.3 is 0 Å². The van der Waals surface area contributed by atoms with Gasteiger partial charge in [-0.2, -0.15) is 0 Å². The van der Waals surface area contributed by atoms with E-state index in [1.807, 2.05) is 13.8 Å². The van der Waals surface area contributed by atoms with E-state index in [0.29, 0.717) is 56.9 Å². The Morgan fingerprint density at radius 2 is 1.83 bits per heavy atom. The summed E-state index contributed by atoms with van der Waals surface area (Å²) in [5.41, 5.74) is 5.93. The fraction of sp³-hybridized carbons (Fsp3) is 0.615. The van der Waals surface area contributed by atoms with Crippen molar-refractivity contribution in [3.05, 3.63) is 35.6 Å². The highest BCUT2D eigenvalue weighted by Gasteiger charge is 2.24. The van der Waals surface area contributed by atoms with Gasteiger partial charge in [0.15, 0.2) is 0 Å². The third-order valence-electron chi connectivity index (χ3n) is 6.19. The zero-order valence-corrected chi connectivity index (χ0v) is 21.5. The largest absolute Gasteiger partial charge is 0.368 e. The minimum atomic E-state index is -0.629. The molecule has 200 valence electrons. The van der Waals surface area contributed by atoms with Crippen molar-refractivity contribution in [3.63, 3.8) is 0 Å². The van der Waals surface area contributed by atoms with Gasteiger partial charge in [0.05, 0.1) is 19.6 Å². The number of halogens is 1. The Labute approximate surface area is 213 Å². The maximum absolute atomic E-state index is 13.8. The molecule has 3 N–H and O–H groups in total. The predicted molar refractivity (Wildman–Crippen MR) is 135 cm³/mol. The molecule has 1 aromatic carbocycles. The third-order valence-corrected chi connectivity index (χ3v) is 6.19. The molecular weight excluding hydrogens is 465 g/mol.